The molecule has 1 unspecified atom stereocenters. The highest BCUT2D eigenvalue weighted by atomic mass is 32.2. The zero-order valence-electron chi connectivity index (χ0n) is 26.2. The van der Waals surface area contributed by atoms with Crippen molar-refractivity contribution in [1.29, 1.82) is 0 Å². The van der Waals surface area contributed by atoms with Gasteiger partial charge in [-0.25, -0.2) is 26.4 Å². The Hall–Kier alpha value is -3.85. The van der Waals surface area contributed by atoms with Crippen LogP contribution in [0.4, 0.5) is 18.0 Å². The zero-order valence-corrected chi connectivity index (χ0v) is 27.1. The van der Waals surface area contributed by atoms with Gasteiger partial charge in [0, 0.05) is 31.6 Å². The number of halogens is 3. The van der Waals surface area contributed by atoms with Gasteiger partial charge in [-0.15, -0.1) is 0 Å². The molecule has 2 saturated heterocycles. The van der Waals surface area contributed by atoms with Crippen molar-refractivity contribution < 1.29 is 40.7 Å². The maximum Gasteiger partial charge on any atom is 0.407 e. The minimum Gasteiger partial charge on any atom is -0.448 e. The predicted molar refractivity (Wildman–Crippen MR) is 171 cm³/mol. The molecule has 0 bridgehead atoms. The number of aromatic nitrogens is 1. The number of amides is 1. The van der Waals surface area contributed by atoms with Crippen LogP contribution in [-0.4, -0.2) is 81.3 Å². The fraction of sp³-hybridized carbons (Fsp3) is 0.441. The number of ether oxygens (including phenoxy) is 2. The summed E-state index contributed by atoms with van der Waals surface area (Å²) in [5.41, 5.74) is 8.38. The highest BCUT2D eigenvalue weighted by molar-refractivity contribution is 7.91. The molecule has 1 aromatic heterocycles. The van der Waals surface area contributed by atoms with Gasteiger partial charge in [-0.2, -0.15) is 0 Å². The number of ketones is 1. The summed E-state index contributed by atoms with van der Waals surface area (Å²) >= 11 is 0. The van der Waals surface area contributed by atoms with Gasteiger partial charge in [0.25, 0.3) is 0 Å². The lowest BCUT2D eigenvalue weighted by Crippen LogP contribution is -2.49. The van der Waals surface area contributed by atoms with E-state index in [0.717, 1.165) is 6.20 Å². The molecule has 3 heterocycles. The second kappa shape index (κ2) is 16.0. The van der Waals surface area contributed by atoms with Crippen molar-refractivity contribution in [3.8, 4) is 0 Å². The standard InChI is InChI=1S/C34H39F3N4O6S/c35-25-5-1-22(2-6-25)32(23-3-7-26(36)8-4-23)33(38)31(42)13-24-15-39-17-30(37)29(24)10-9-28-16-40-27(18-46-28)19-47-34(43)41-14-21-11-12-48(44,45)20-21/h1-8,15,17,21,27-28,32-33,40H,9-14,16,18-20,38H2,(H,41,43)/t21?,27-,28+,33+/m0/s1. The van der Waals surface area contributed by atoms with E-state index in [9.17, 15) is 26.8 Å². The van der Waals surface area contributed by atoms with Gasteiger partial charge in [0.05, 0.1) is 42.5 Å². The third-order valence-corrected chi connectivity index (χ3v) is 10.6. The highest BCUT2D eigenvalue weighted by Gasteiger charge is 2.30. The largest absolute Gasteiger partial charge is 0.448 e. The van der Waals surface area contributed by atoms with Crippen LogP contribution >= 0.6 is 0 Å². The van der Waals surface area contributed by atoms with E-state index < -0.39 is 51.1 Å². The molecule has 48 heavy (non-hydrogen) atoms. The average Bonchev–Trinajstić information content (AvgIpc) is 3.43. The monoisotopic (exact) mass is 688 g/mol. The number of nitrogens with two attached hydrogens (primary N) is 1. The summed E-state index contributed by atoms with van der Waals surface area (Å²) in [7, 11) is -3.02. The van der Waals surface area contributed by atoms with Crippen molar-refractivity contribution in [3.63, 3.8) is 0 Å². The van der Waals surface area contributed by atoms with Crippen molar-refractivity contribution in [2.24, 2.45) is 11.7 Å². The second-order valence-corrected chi connectivity index (χ2v) is 14.6. The molecule has 0 saturated carbocycles. The van der Waals surface area contributed by atoms with Gasteiger partial charge in [0.2, 0.25) is 0 Å². The van der Waals surface area contributed by atoms with Gasteiger partial charge in [0.1, 0.15) is 24.1 Å². The number of rotatable bonds is 13. The number of nitrogens with one attached hydrogen (secondary N) is 2. The van der Waals surface area contributed by atoms with E-state index in [4.69, 9.17) is 15.2 Å². The number of benzene rings is 2. The molecule has 5 rings (SSSR count). The smallest absolute Gasteiger partial charge is 0.407 e. The van der Waals surface area contributed by atoms with E-state index in [2.05, 4.69) is 15.6 Å². The lowest BCUT2D eigenvalue weighted by Gasteiger charge is -2.30. The first-order valence-corrected chi connectivity index (χ1v) is 17.7. The maximum absolute atomic E-state index is 15.0. The number of alkyl carbamates (subject to hydrolysis) is 1. The number of sulfone groups is 1. The molecule has 3 aromatic rings. The number of nitrogens with zero attached hydrogens (tertiary/aromatic N) is 1. The van der Waals surface area contributed by atoms with E-state index in [1.54, 1.807) is 0 Å². The SMILES string of the molecule is N[C@H](C(=O)Cc1cncc(F)c1CC[C@@H]1CN[C@H](COC(=O)NCC2CCS(=O)(=O)C2)CO1)C(c1ccc(F)cc1)c1ccc(F)cc1. The number of morpholine rings is 1. The number of Topliss-reactive ketones (excluding diaryl/α,β-unsaturated/α-hetero) is 1. The Labute approximate surface area is 277 Å². The zero-order chi connectivity index (χ0) is 34.3. The van der Waals surface area contributed by atoms with Crippen molar-refractivity contribution in [2.75, 3.05) is 37.8 Å². The van der Waals surface area contributed by atoms with E-state index in [-0.39, 0.29) is 62.2 Å². The fourth-order valence-corrected chi connectivity index (χ4v) is 7.99. The molecule has 2 aromatic carbocycles. The van der Waals surface area contributed by atoms with Crippen LogP contribution < -0.4 is 16.4 Å². The average molecular weight is 689 g/mol. The van der Waals surface area contributed by atoms with Crippen molar-refractivity contribution in [3.05, 3.63) is 101 Å². The molecule has 14 heteroatoms. The minimum absolute atomic E-state index is 0.0594. The van der Waals surface area contributed by atoms with Gasteiger partial charge < -0.3 is 25.8 Å². The third kappa shape index (κ3) is 9.62. The molecule has 258 valence electrons. The molecular weight excluding hydrogens is 649 g/mol. The Morgan fingerprint density at radius 3 is 2.29 bits per heavy atom. The maximum atomic E-state index is 15.0. The molecule has 4 atom stereocenters. The van der Waals surface area contributed by atoms with E-state index in [1.165, 1.54) is 54.7 Å². The summed E-state index contributed by atoms with van der Waals surface area (Å²) in [6.45, 7) is 0.983. The van der Waals surface area contributed by atoms with E-state index in [1.807, 2.05) is 0 Å². The van der Waals surface area contributed by atoms with Crippen LogP contribution in [0.25, 0.3) is 0 Å². The number of carbonyl (C=O) groups excluding carboxylic acids is 2. The van der Waals surface area contributed by atoms with Crippen LogP contribution in [0.2, 0.25) is 0 Å². The molecule has 10 nitrogen and oxygen atoms in total. The number of pyridine rings is 1. The van der Waals surface area contributed by atoms with Gasteiger partial charge in [0.15, 0.2) is 15.6 Å². The number of carbonyl (C=O) groups is 2. The summed E-state index contributed by atoms with van der Waals surface area (Å²) in [6, 6.07) is 9.84. The summed E-state index contributed by atoms with van der Waals surface area (Å²) < 4.78 is 76.7. The first-order valence-electron chi connectivity index (χ1n) is 15.8. The Morgan fingerprint density at radius 2 is 1.71 bits per heavy atom. The molecule has 0 radical (unpaired) electrons. The Morgan fingerprint density at radius 1 is 1.04 bits per heavy atom. The topological polar surface area (TPSA) is 150 Å². The normalized spacial score (nSPS) is 21.1. The molecule has 2 fully saturated rings. The molecule has 1 amide bonds. The number of hydrogen-bond donors (Lipinski definition) is 3. The quantitative estimate of drug-likeness (QED) is 0.246. The predicted octanol–water partition coefficient (Wildman–Crippen LogP) is 3.22. The lowest BCUT2D eigenvalue weighted by molar-refractivity contribution is -0.119. The molecule has 2 aliphatic heterocycles. The first-order chi connectivity index (χ1) is 23.0. The Kier molecular flexibility index (Phi) is 11.8. The number of hydrogen-bond acceptors (Lipinski definition) is 9. The van der Waals surface area contributed by atoms with Crippen LogP contribution in [0.1, 0.15) is 41.0 Å². The van der Waals surface area contributed by atoms with Crippen LogP contribution in [-0.2, 0) is 36.9 Å². The van der Waals surface area contributed by atoms with Crippen LogP contribution in [0.5, 0.6) is 0 Å². The molecule has 4 N–H and O–H groups in total. The molecule has 2 aliphatic rings. The summed E-state index contributed by atoms with van der Waals surface area (Å²) in [6.07, 6.45) is 2.67. The highest BCUT2D eigenvalue weighted by Crippen LogP contribution is 2.29. The summed E-state index contributed by atoms with van der Waals surface area (Å²) in [4.78, 5) is 29.6. The summed E-state index contributed by atoms with van der Waals surface area (Å²) in [5, 5.41) is 5.88. The fourth-order valence-electron chi connectivity index (χ4n) is 6.13. The van der Waals surface area contributed by atoms with E-state index >= 15 is 4.39 Å². The summed E-state index contributed by atoms with van der Waals surface area (Å²) in [5.74, 6) is -2.45. The molecule has 0 aliphatic carbocycles. The van der Waals surface area contributed by atoms with Gasteiger partial charge >= 0.3 is 6.09 Å². The van der Waals surface area contributed by atoms with Crippen LogP contribution in [0.3, 0.4) is 0 Å². The second-order valence-electron chi connectivity index (χ2n) is 12.4. The minimum atomic E-state index is -3.02. The van der Waals surface area contributed by atoms with Crippen LogP contribution in [0.15, 0.2) is 60.9 Å². The molecule has 0 spiro atoms. The van der Waals surface area contributed by atoms with Crippen LogP contribution in [0, 0.1) is 23.4 Å². The van der Waals surface area contributed by atoms with Crippen molar-refractivity contribution in [1.82, 2.24) is 15.6 Å². The van der Waals surface area contributed by atoms with Gasteiger partial charge in [-0.1, -0.05) is 24.3 Å². The molecular formula is C34H39F3N4O6S. The van der Waals surface area contributed by atoms with Gasteiger partial charge in [-0.3, -0.25) is 9.78 Å². The lowest BCUT2D eigenvalue weighted by atomic mass is 9.82. The third-order valence-electron chi connectivity index (χ3n) is 8.81. The Bertz CT molecular complexity index is 1620. The van der Waals surface area contributed by atoms with Crippen molar-refractivity contribution in [2.45, 2.75) is 49.8 Å². The van der Waals surface area contributed by atoms with Crippen molar-refractivity contribution >= 4 is 21.7 Å². The van der Waals surface area contributed by atoms with Gasteiger partial charge in [-0.05, 0) is 71.7 Å². The first kappa shape index (κ1) is 35.5. The Balaban J connectivity index is 1.13. The van der Waals surface area contributed by atoms with E-state index in [0.29, 0.717) is 41.6 Å².